The Kier molecular flexibility index (Phi) is 4.59. The van der Waals surface area contributed by atoms with Gasteiger partial charge in [-0.1, -0.05) is 11.3 Å². The van der Waals surface area contributed by atoms with Crippen LogP contribution in [0.3, 0.4) is 0 Å². The van der Waals surface area contributed by atoms with E-state index in [1.165, 1.54) is 18.4 Å². The number of carbonyl (C=O) groups excluding carboxylic acids is 3. The number of carbonyl (C=O) groups is 3. The third-order valence-electron chi connectivity index (χ3n) is 3.11. The van der Waals surface area contributed by atoms with Gasteiger partial charge in [-0.05, 0) is 19.1 Å². The van der Waals surface area contributed by atoms with Crippen molar-refractivity contribution in [2.24, 2.45) is 21.8 Å². The van der Waals surface area contributed by atoms with Gasteiger partial charge in [0.05, 0.1) is 0 Å². The highest BCUT2D eigenvalue weighted by Crippen LogP contribution is 2.30. The summed E-state index contributed by atoms with van der Waals surface area (Å²) in [6, 6.07) is 0. The van der Waals surface area contributed by atoms with Crippen molar-refractivity contribution >= 4 is 50.3 Å². The van der Waals surface area contributed by atoms with Crippen LogP contribution in [0.25, 0.3) is 0 Å². The lowest BCUT2D eigenvalue weighted by molar-refractivity contribution is -0.137. The summed E-state index contributed by atoms with van der Waals surface area (Å²) in [4.78, 5) is 40.0. The molecule has 2 rings (SSSR count). The highest BCUT2D eigenvalue weighted by atomic mass is 32.2. The molecule has 5 N–H and O–H groups in total. The Morgan fingerprint density at radius 2 is 2.00 bits per heavy atom. The van der Waals surface area contributed by atoms with E-state index in [0.29, 0.717) is 11.3 Å². The smallest absolute Gasteiger partial charge is 0.267 e. The molecule has 0 aromatic carbocycles. The molecule has 11 nitrogen and oxygen atoms in total. The standard InChI is InChI=1S/C11H12N6O5S2/c1-5(18)6(11(8(12)20)3-2-4-14-11)7(19)15-9-16-17-10(23-9)24(13,21)22/h2-4,6H,1H3,(H2,12,20)(H2,13,21,22)(H,15,16,19). The monoisotopic (exact) mass is 372 g/mol. The average molecular weight is 372 g/mol. The van der Waals surface area contributed by atoms with Crippen LogP contribution in [0, 0.1) is 5.92 Å². The van der Waals surface area contributed by atoms with E-state index in [9.17, 15) is 22.8 Å². The van der Waals surface area contributed by atoms with Gasteiger partial charge in [0.1, 0.15) is 11.7 Å². The Bertz CT molecular complexity index is 859. The number of ketones is 1. The minimum atomic E-state index is -4.08. The number of sulfonamides is 1. The summed E-state index contributed by atoms with van der Waals surface area (Å²) in [7, 11) is -4.08. The van der Waals surface area contributed by atoms with Gasteiger partial charge in [0.2, 0.25) is 15.4 Å². The summed E-state index contributed by atoms with van der Waals surface area (Å²) in [5, 5.41) is 13.7. The number of hydrogen-bond donors (Lipinski definition) is 3. The molecule has 1 aromatic rings. The summed E-state index contributed by atoms with van der Waals surface area (Å²) < 4.78 is 21.8. The van der Waals surface area contributed by atoms with Crippen LogP contribution >= 0.6 is 11.3 Å². The molecule has 0 saturated carbocycles. The van der Waals surface area contributed by atoms with E-state index in [1.807, 2.05) is 0 Å². The number of nitrogens with one attached hydrogen (secondary N) is 1. The van der Waals surface area contributed by atoms with Crippen molar-refractivity contribution in [1.82, 2.24) is 10.2 Å². The first-order valence-corrected chi connectivity index (χ1v) is 8.65. The lowest BCUT2D eigenvalue weighted by atomic mass is 9.81. The summed E-state index contributed by atoms with van der Waals surface area (Å²) in [5.74, 6) is -4.12. The van der Waals surface area contributed by atoms with Crippen molar-refractivity contribution in [2.75, 3.05) is 5.32 Å². The predicted molar refractivity (Wildman–Crippen MR) is 83.6 cm³/mol. The molecule has 128 valence electrons. The van der Waals surface area contributed by atoms with E-state index < -0.39 is 43.4 Å². The minimum Gasteiger partial charge on any atom is -0.367 e. The van der Waals surface area contributed by atoms with E-state index in [2.05, 4.69) is 20.5 Å². The number of aromatic nitrogens is 2. The molecular formula is C11H12N6O5S2. The molecule has 2 heterocycles. The zero-order chi connectivity index (χ0) is 18.1. The van der Waals surface area contributed by atoms with Crippen LogP contribution in [0.2, 0.25) is 0 Å². The number of anilines is 1. The first-order chi connectivity index (χ1) is 11.1. The van der Waals surface area contributed by atoms with Crippen molar-refractivity contribution in [1.29, 1.82) is 0 Å². The molecule has 2 amide bonds. The fourth-order valence-corrected chi connectivity index (χ4v) is 3.44. The van der Waals surface area contributed by atoms with Crippen LogP contribution in [-0.4, -0.2) is 48.0 Å². The summed E-state index contributed by atoms with van der Waals surface area (Å²) in [5.41, 5.74) is 3.46. The second kappa shape index (κ2) is 6.18. The van der Waals surface area contributed by atoms with Crippen molar-refractivity contribution in [2.45, 2.75) is 16.8 Å². The van der Waals surface area contributed by atoms with Gasteiger partial charge in [0.15, 0.2) is 5.54 Å². The van der Waals surface area contributed by atoms with Crippen molar-refractivity contribution in [3.63, 3.8) is 0 Å². The van der Waals surface area contributed by atoms with Crippen LogP contribution < -0.4 is 16.2 Å². The second-order valence-corrected chi connectivity index (χ2v) is 7.49. The van der Waals surface area contributed by atoms with Crippen LogP contribution in [0.5, 0.6) is 0 Å². The molecule has 0 fully saturated rings. The number of nitrogens with two attached hydrogens (primary N) is 2. The number of nitrogens with zero attached hydrogens (tertiary/aromatic N) is 3. The Hall–Kier alpha value is -2.51. The Labute approximate surface area is 139 Å². The number of rotatable bonds is 6. The number of primary sulfonamides is 1. The molecule has 0 radical (unpaired) electrons. The van der Waals surface area contributed by atoms with Crippen molar-refractivity contribution < 1.29 is 22.8 Å². The van der Waals surface area contributed by atoms with Crippen LogP contribution in [0.15, 0.2) is 21.5 Å². The molecule has 0 saturated heterocycles. The molecule has 24 heavy (non-hydrogen) atoms. The molecule has 1 aliphatic heterocycles. The Morgan fingerprint density at radius 1 is 1.33 bits per heavy atom. The lowest BCUT2D eigenvalue weighted by Crippen LogP contribution is -2.53. The molecule has 2 atom stereocenters. The predicted octanol–water partition coefficient (Wildman–Crippen LogP) is -1.81. The fourth-order valence-electron chi connectivity index (χ4n) is 2.11. The molecular weight excluding hydrogens is 360 g/mol. The summed E-state index contributed by atoms with van der Waals surface area (Å²) in [6.45, 7) is 1.10. The fraction of sp³-hybridized carbons (Fsp3) is 0.273. The highest BCUT2D eigenvalue weighted by molar-refractivity contribution is 7.91. The van der Waals surface area contributed by atoms with E-state index in [-0.39, 0.29) is 5.13 Å². The van der Waals surface area contributed by atoms with Gasteiger partial charge in [-0.25, -0.2) is 13.6 Å². The maximum absolute atomic E-state index is 12.4. The molecule has 2 unspecified atom stereocenters. The lowest BCUT2D eigenvalue weighted by Gasteiger charge is -2.27. The molecule has 0 aliphatic carbocycles. The van der Waals surface area contributed by atoms with Crippen LogP contribution in [0.4, 0.5) is 5.13 Å². The van der Waals surface area contributed by atoms with Crippen molar-refractivity contribution in [3.8, 4) is 0 Å². The largest absolute Gasteiger partial charge is 0.367 e. The molecule has 1 aromatic heterocycles. The number of allylic oxidation sites excluding steroid dienone is 1. The summed E-state index contributed by atoms with van der Waals surface area (Å²) >= 11 is 0.496. The van der Waals surface area contributed by atoms with E-state index in [1.54, 1.807) is 0 Å². The Balaban J connectivity index is 2.33. The average Bonchev–Trinajstić information content (AvgIpc) is 3.07. The van der Waals surface area contributed by atoms with E-state index in [0.717, 1.165) is 6.92 Å². The van der Waals surface area contributed by atoms with Gasteiger partial charge in [-0.15, -0.1) is 10.2 Å². The maximum Gasteiger partial charge on any atom is 0.267 e. The number of hydrogen-bond acceptors (Lipinski definition) is 9. The van der Waals surface area contributed by atoms with Gasteiger partial charge in [-0.2, -0.15) is 0 Å². The first-order valence-electron chi connectivity index (χ1n) is 6.28. The third kappa shape index (κ3) is 3.22. The molecule has 1 aliphatic rings. The highest BCUT2D eigenvalue weighted by Gasteiger charge is 2.50. The van der Waals surface area contributed by atoms with E-state index in [4.69, 9.17) is 10.9 Å². The minimum absolute atomic E-state index is 0.208. The van der Waals surface area contributed by atoms with Crippen molar-refractivity contribution in [3.05, 3.63) is 12.2 Å². The number of primary amides is 1. The normalized spacial score (nSPS) is 20.8. The van der Waals surface area contributed by atoms with Gasteiger partial charge in [-0.3, -0.25) is 24.7 Å². The zero-order valence-corrected chi connectivity index (χ0v) is 13.8. The number of aliphatic imine (C=N–C) groups is 1. The number of amides is 2. The third-order valence-corrected chi connectivity index (χ3v) is 5.26. The van der Waals surface area contributed by atoms with E-state index >= 15 is 0 Å². The van der Waals surface area contributed by atoms with Crippen LogP contribution in [-0.2, 0) is 24.4 Å². The topological polar surface area (TPSA) is 188 Å². The molecule has 0 spiro atoms. The van der Waals surface area contributed by atoms with Gasteiger partial charge in [0.25, 0.3) is 15.9 Å². The molecule has 0 bridgehead atoms. The quantitative estimate of drug-likeness (QED) is 0.387. The Morgan fingerprint density at radius 3 is 2.42 bits per heavy atom. The molecule has 13 heteroatoms. The van der Waals surface area contributed by atoms with Gasteiger partial charge >= 0.3 is 0 Å². The second-order valence-electron chi connectivity index (χ2n) is 4.78. The van der Waals surface area contributed by atoms with Gasteiger partial charge in [0, 0.05) is 6.21 Å². The maximum atomic E-state index is 12.4. The van der Waals surface area contributed by atoms with Crippen LogP contribution in [0.1, 0.15) is 6.92 Å². The SMILES string of the molecule is CC(=O)C(C(=O)Nc1nnc(S(N)(=O)=O)s1)C1(C(N)=O)C=CC=N1. The van der Waals surface area contributed by atoms with Gasteiger partial charge < -0.3 is 5.73 Å². The first kappa shape index (κ1) is 17.8. The number of Topliss-reactive ketones (excluding diaryl/α,β-unsaturated/α-hetero) is 1. The summed E-state index contributed by atoms with van der Waals surface area (Å²) in [6.07, 6.45) is 3.88. The zero-order valence-electron chi connectivity index (χ0n) is 12.2.